The smallest absolute Gasteiger partial charge is 0.252 e. The minimum atomic E-state index is -0.753. The number of nitrogens with zero attached hydrogens (tertiary/aromatic N) is 4. The van der Waals surface area contributed by atoms with Crippen LogP contribution in [0.1, 0.15) is 41.7 Å². The molecule has 0 spiro atoms. The maximum Gasteiger partial charge on any atom is 0.252 e. The number of ether oxygens (including phenoxy) is 1. The first-order valence-electron chi connectivity index (χ1n) is 8.80. The third-order valence-electron chi connectivity index (χ3n) is 4.31. The number of carbonyl (C=O) groups excluding carboxylic acids is 1. The zero-order valence-corrected chi connectivity index (χ0v) is 15.6. The molecule has 0 saturated carbocycles. The molecular formula is C19H23N5O3. The molecule has 3 heterocycles. The van der Waals surface area contributed by atoms with Crippen LogP contribution in [0.2, 0.25) is 0 Å². The minimum absolute atomic E-state index is 0.00987. The maximum absolute atomic E-state index is 12.5. The SMILES string of the molecule is COc1ncccc1CCNC(=O)c1ccc2nnc(C(O)C(C)C)n2c1. The van der Waals surface area contributed by atoms with Gasteiger partial charge in [0.1, 0.15) is 6.10 Å². The zero-order valence-electron chi connectivity index (χ0n) is 15.6. The predicted octanol–water partition coefficient (Wildman–Crippen LogP) is 1.79. The van der Waals surface area contributed by atoms with Crippen LogP contribution in [0.15, 0.2) is 36.7 Å². The minimum Gasteiger partial charge on any atom is -0.481 e. The van der Waals surface area contributed by atoms with Crippen molar-refractivity contribution in [3.63, 3.8) is 0 Å². The molecule has 0 aliphatic heterocycles. The Morgan fingerprint density at radius 1 is 1.30 bits per heavy atom. The average Bonchev–Trinajstić information content (AvgIpc) is 3.10. The van der Waals surface area contributed by atoms with Crippen LogP contribution in [-0.4, -0.2) is 44.3 Å². The van der Waals surface area contributed by atoms with Gasteiger partial charge < -0.3 is 15.2 Å². The van der Waals surface area contributed by atoms with E-state index in [0.717, 1.165) is 5.56 Å². The molecule has 0 bridgehead atoms. The van der Waals surface area contributed by atoms with Crippen molar-refractivity contribution in [3.8, 4) is 5.88 Å². The summed E-state index contributed by atoms with van der Waals surface area (Å²) in [6, 6.07) is 7.15. The van der Waals surface area contributed by atoms with E-state index in [0.29, 0.717) is 35.9 Å². The lowest BCUT2D eigenvalue weighted by Crippen LogP contribution is -2.26. The first-order valence-corrected chi connectivity index (χ1v) is 8.80. The second kappa shape index (κ2) is 8.13. The second-order valence-electron chi connectivity index (χ2n) is 6.57. The lowest BCUT2D eigenvalue weighted by atomic mass is 10.1. The summed E-state index contributed by atoms with van der Waals surface area (Å²) in [7, 11) is 1.57. The summed E-state index contributed by atoms with van der Waals surface area (Å²) in [6.45, 7) is 4.24. The molecule has 8 heteroatoms. The zero-order chi connectivity index (χ0) is 19.4. The summed E-state index contributed by atoms with van der Waals surface area (Å²) in [5.41, 5.74) is 1.98. The maximum atomic E-state index is 12.5. The molecule has 3 rings (SSSR count). The fraction of sp³-hybridized carbons (Fsp3) is 0.368. The molecule has 0 aliphatic carbocycles. The van der Waals surface area contributed by atoms with Gasteiger partial charge in [-0.15, -0.1) is 10.2 Å². The largest absolute Gasteiger partial charge is 0.481 e. The highest BCUT2D eigenvalue weighted by atomic mass is 16.5. The van der Waals surface area contributed by atoms with E-state index in [2.05, 4.69) is 20.5 Å². The summed E-state index contributed by atoms with van der Waals surface area (Å²) < 4.78 is 6.87. The first-order chi connectivity index (χ1) is 13.0. The third kappa shape index (κ3) is 4.06. The Balaban J connectivity index is 1.71. The molecule has 0 fully saturated rings. The lowest BCUT2D eigenvalue weighted by molar-refractivity contribution is 0.0952. The number of carbonyl (C=O) groups is 1. The molecular weight excluding hydrogens is 346 g/mol. The molecule has 1 unspecified atom stereocenters. The number of pyridine rings is 2. The fourth-order valence-electron chi connectivity index (χ4n) is 2.75. The second-order valence-corrected chi connectivity index (χ2v) is 6.57. The Morgan fingerprint density at radius 2 is 2.11 bits per heavy atom. The fourth-order valence-corrected chi connectivity index (χ4v) is 2.75. The van der Waals surface area contributed by atoms with Gasteiger partial charge in [-0.3, -0.25) is 9.20 Å². The van der Waals surface area contributed by atoms with Crippen LogP contribution in [0, 0.1) is 5.92 Å². The molecule has 1 amide bonds. The number of amides is 1. The van der Waals surface area contributed by atoms with Crippen molar-refractivity contribution in [2.45, 2.75) is 26.4 Å². The van der Waals surface area contributed by atoms with E-state index in [1.54, 1.807) is 36.0 Å². The summed E-state index contributed by atoms with van der Waals surface area (Å²) in [5, 5.41) is 21.3. The van der Waals surface area contributed by atoms with Crippen molar-refractivity contribution < 1.29 is 14.6 Å². The Morgan fingerprint density at radius 3 is 2.85 bits per heavy atom. The van der Waals surface area contributed by atoms with Gasteiger partial charge in [0.15, 0.2) is 11.5 Å². The number of methoxy groups -OCH3 is 1. The van der Waals surface area contributed by atoms with Crippen LogP contribution in [0.5, 0.6) is 5.88 Å². The summed E-state index contributed by atoms with van der Waals surface area (Å²) in [5.74, 6) is 0.766. The quantitative estimate of drug-likeness (QED) is 0.658. The molecule has 8 nitrogen and oxygen atoms in total. The van der Waals surface area contributed by atoms with E-state index in [-0.39, 0.29) is 11.8 Å². The van der Waals surface area contributed by atoms with E-state index in [4.69, 9.17) is 4.74 Å². The van der Waals surface area contributed by atoms with Crippen molar-refractivity contribution in [2.75, 3.05) is 13.7 Å². The summed E-state index contributed by atoms with van der Waals surface area (Å²) >= 11 is 0. The number of aliphatic hydroxyl groups is 1. The average molecular weight is 369 g/mol. The normalized spacial score (nSPS) is 12.3. The number of fused-ring (bicyclic) bond motifs is 1. The van der Waals surface area contributed by atoms with Crippen molar-refractivity contribution in [1.82, 2.24) is 24.9 Å². The monoisotopic (exact) mass is 369 g/mol. The molecule has 0 aromatic carbocycles. The van der Waals surface area contributed by atoms with E-state index >= 15 is 0 Å². The lowest BCUT2D eigenvalue weighted by Gasteiger charge is -2.13. The summed E-state index contributed by atoms with van der Waals surface area (Å²) in [6.07, 6.45) is 3.17. The number of nitrogens with one attached hydrogen (secondary N) is 1. The van der Waals surface area contributed by atoms with Crippen LogP contribution < -0.4 is 10.1 Å². The molecule has 2 N–H and O–H groups in total. The molecule has 0 radical (unpaired) electrons. The van der Waals surface area contributed by atoms with Gasteiger partial charge in [-0.1, -0.05) is 19.9 Å². The van der Waals surface area contributed by atoms with Crippen LogP contribution in [0.4, 0.5) is 0 Å². The molecule has 3 aromatic heterocycles. The molecule has 0 saturated heterocycles. The van der Waals surface area contributed by atoms with E-state index in [1.807, 2.05) is 26.0 Å². The number of hydrogen-bond donors (Lipinski definition) is 2. The highest BCUT2D eigenvalue weighted by Gasteiger charge is 2.19. The Bertz CT molecular complexity index is 938. The Hall–Kier alpha value is -3.00. The number of rotatable bonds is 7. The van der Waals surface area contributed by atoms with E-state index in [1.165, 1.54) is 0 Å². The van der Waals surface area contributed by atoms with Crippen molar-refractivity contribution in [3.05, 3.63) is 53.6 Å². The van der Waals surface area contributed by atoms with Crippen LogP contribution in [0.3, 0.4) is 0 Å². The molecule has 27 heavy (non-hydrogen) atoms. The molecule has 0 aliphatic rings. The Labute approximate surface area is 157 Å². The van der Waals surface area contributed by atoms with E-state index in [9.17, 15) is 9.90 Å². The van der Waals surface area contributed by atoms with Gasteiger partial charge in [0.25, 0.3) is 5.91 Å². The van der Waals surface area contributed by atoms with Gasteiger partial charge in [0.2, 0.25) is 5.88 Å². The van der Waals surface area contributed by atoms with Gasteiger partial charge in [-0.25, -0.2) is 4.98 Å². The van der Waals surface area contributed by atoms with Crippen molar-refractivity contribution in [1.29, 1.82) is 0 Å². The highest BCUT2D eigenvalue weighted by Crippen LogP contribution is 2.20. The molecule has 142 valence electrons. The first kappa shape index (κ1) is 18.8. The Kier molecular flexibility index (Phi) is 5.66. The molecule has 1 atom stereocenters. The highest BCUT2D eigenvalue weighted by molar-refractivity contribution is 5.94. The number of aromatic nitrogens is 4. The number of aliphatic hydroxyl groups excluding tert-OH is 1. The predicted molar refractivity (Wildman–Crippen MR) is 99.6 cm³/mol. The molecule has 3 aromatic rings. The number of hydrogen-bond acceptors (Lipinski definition) is 6. The standard InChI is InChI=1S/C19H23N5O3/c1-12(2)16(25)17-23-22-15-7-6-14(11-24(15)17)18(26)20-10-8-13-5-4-9-21-19(13)27-3/h4-7,9,11-12,16,25H,8,10H2,1-3H3,(H,20,26). The third-order valence-corrected chi connectivity index (χ3v) is 4.31. The van der Waals surface area contributed by atoms with Crippen molar-refractivity contribution >= 4 is 11.6 Å². The van der Waals surface area contributed by atoms with Gasteiger partial charge in [0.05, 0.1) is 12.7 Å². The van der Waals surface area contributed by atoms with Crippen LogP contribution >= 0.6 is 0 Å². The van der Waals surface area contributed by atoms with Crippen LogP contribution in [0.25, 0.3) is 5.65 Å². The van der Waals surface area contributed by atoms with Gasteiger partial charge in [-0.05, 0) is 30.5 Å². The van der Waals surface area contributed by atoms with Crippen molar-refractivity contribution in [2.24, 2.45) is 5.92 Å². The topological polar surface area (TPSA) is 102 Å². The van der Waals surface area contributed by atoms with Gasteiger partial charge >= 0.3 is 0 Å². The van der Waals surface area contributed by atoms with Gasteiger partial charge in [-0.2, -0.15) is 0 Å². The van der Waals surface area contributed by atoms with Crippen LogP contribution in [-0.2, 0) is 6.42 Å². The van der Waals surface area contributed by atoms with Gasteiger partial charge in [0, 0.05) is 24.5 Å². The summed E-state index contributed by atoms with van der Waals surface area (Å²) in [4.78, 5) is 16.6. The van der Waals surface area contributed by atoms with E-state index < -0.39 is 6.10 Å².